The molecule has 170 valence electrons. The number of aryl methyl sites for hydroxylation is 1. The molecule has 0 radical (unpaired) electrons. The van der Waals surface area contributed by atoms with Crippen LogP contribution in [0.4, 0.5) is 0 Å². The molecule has 4 rings (SSSR count). The van der Waals surface area contributed by atoms with E-state index in [4.69, 9.17) is 9.47 Å². The second-order valence-corrected chi connectivity index (χ2v) is 9.91. The van der Waals surface area contributed by atoms with Gasteiger partial charge in [-0.3, -0.25) is 4.79 Å². The zero-order chi connectivity index (χ0) is 22.2. The predicted octanol–water partition coefficient (Wildman–Crippen LogP) is 1.68. The first-order valence-corrected chi connectivity index (χ1v) is 12.0. The van der Waals surface area contributed by atoms with E-state index in [9.17, 15) is 13.2 Å². The van der Waals surface area contributed by atoms with Crippen LogP contribution in [-0.2, 0) is 17.3 Å². The highest BCUT2D eigenvalue weighted by molar-refractivity contribution is 7.86. The summed E-state index contributed by atoms with van der Waals surface area (Å²) in [5.74, 6) is 1.21. The zero-order valence-corrected chi connectivity index (χ0v) is 19.2. The standard InChI is InChI=1S/C21H30N4O5S/c1-22-17(15-16-18(29-2)7-8-19(30-3)20(16)22)21(26)23-9-6-12-25(14-13-23)31(27,28)24-10-4-5-11-24/h7-8,15H,4-6,9-14H2,1-3H3. The Morgan fingerprint density at radius 3 is 2.16 bits per heavy atom. The van der Waals surface area contributed by atoms with Gasteiger partial charge in [0.2, 0.25) is 0 Å². The second-order valence-electron chi connectivity index (χ2n) is 7.98. The highest BCUT2D eigenvalue weighted by atomic mass is 32.2. The van der Waals surface area contributed by atoms with Crippen molar-refractivity contribution in [3.8, 4) is 11.5 Å². The van der Waals surface area contributed by atoms with E-state index in [0.717, 1.165) is 23.7 Å². The molecule has 0 aliphatic carbocycles. The summed E-state index contributed by atoms with van der Waals surface area (Å²) in [5, 5.41) is 0.806. The average molecular weight is 451 g/mol. The maximum atomic E-state index is 13.4. The monoisotopic (exact) mass is 450 g/mol. The van der Waals surface area contributed by atoms with E-state index in [1.165, 1.54) is 4.31 Å². The Bertz CT molecular complexity index is 1080. The molecule has 3 heterocycles. The highest BCUT2D eigenvalue weighted by Gasteiger charge is 2.34. The van der Waals surface area contributed by atoms with E-state index >= 15 is 0 Å². The van der Waals surface area contributed by atoms with E-state index in [1.54, 1.807) is 23.4 Å². The van der Waals surface area contributed by atoms with Gasteiger partial charge in [-0.25, -0.2) is 0 Å². The van der Waals surface area contributed by atoms with Gasteiger partial charge in [-0.1, -0.05) is 0 Å². The fraction of sp³-hybridized carbons (Fsp3) is 0.571. The summed E-state index contributed by atoms with van der Waals surface area (Å²) in [6.45, 7) is 2.78. The molecule has 0 bridgehead atoms. The number of fused-ring (bicyclic) bond motifs is 1. The Morgan fingerprint density at radius 1 is 0.871 bits per heavy atom. The van der Waals surface area contributed by atoms with Crippen LogP contribution in [0.1, 0.15) is 29.8 Å². The number of hydrogen-bond donors (Lipinski definition) is 0. The van der Waals surface area contributed by atoms with Crippen LogP contribution in [0.25, 0.3) is 10.9 Å². The van der Waals surface area contributed by atoms with Crippen molar-refractivity contribution in [2.45, 2.75) is 19.3 Å². The number of amides is 1. The van der Waals surface area contributed by atoms with Crippen LogP contribution >= 0.6 is 0 Å². The van der Waals surface area contributed by atoms with Gasteiger partial charge in [0.25, 0.3) is 16.1 Å². The summed E-state index contributed by atoms with van der Waals surface area (Å²) in [5.41, 5.74) is 1.31. The minimum atomic E-state index is -3.46. The lowest BCUT2D eigenvalue weighted by Crippen LogP contribution is -2.44. The van der Waals surface area contributed by atoms with Crippen molar-refractivity contribution in [3.63, 3.8) is 0 Å². The summed E-state index contributed by atoms with van der Waals surface area (Å²) in [6, 6.07) is 5.47. The molecule has 2 aliphatic rings. The Kier molecular flexibility index (Phi) is 6.14. The van der Waals surface area contributed by atoms with Gasteiger partial charge in [0.15, 0.2) is 0 Å². The Morgan fingerprint density at radius 2 is 1.48 bits per heavy atom. The zero-order valence-electron chi connectivity index (χ0n) is 18.3. The molecule has 0 atom stereocenters. The molecule has 10 heteroatoms. The Labute approximate surface area is 183 Å². The van der Waals surface area contributed by atoms with Crippen LogP contribution in [0.3, 0.4) is 0 Å². The summed E-state index contributed by atoms with van der Waals surface area (Å²) in [4.78, 5) is 15.1. The van der Waals surface area contributed by atoms with Crippen LogP contribution in [0.15, 0.2) is 18.2 Å². The lowest BCUT2D eigenvalue weighted by Gasteiger charge is -2.26. The van der Waals surface area contributed by atoms with Crippen molar-refractivity contribution in [2.75, 3.05) is 53.5 Å². The van der Waals surface area contributed by atoms with Crippen LogP contribution < -0.4 is 9.47 Å². The molecule has 0 N–H and O–H groups in total. The van der Waals surface area contributed by atoms with Gasteiger partial charge in [-0.2, -0.15) is 17.0 Å². The summed E-state index contributed by atoms with van der Waals surface area (Å²) >= 11 is 0. The smallest absolute Gasteiger partial charge is 0.282 e. The molecule has 0 unspecified atom stereocenters. The maximum absolute atomic E-state index is 13.4. The van der Waals surface area contributed by atoms with Crippen LogP contribution in [0.5, 0.6) is 11.5 Å². The number of nitrogens with zero attached hydrogens (tertiary/aromatic N) is 4. The molecule has 9 nitrogen and oxygen atoms in total. The highest BCUT2D eigenvalue weighted by Crippen LogP contribution is 2.35. The van der Waals surface area contributed by atoms with E-state index in [2.05, 4.69) is 0 Å². The average Bonchev–Trinajstić information content (AvgIpc) is 3.35. The quantitative estimate of drug-likeness (QED) is 0.692. The number of hydrogen-bond acceptors (Lipinski definition) is 5. The molecule has 1 aromatic carbocycles. The van der Waals surface area contributed by atoms with E-state index in [1.807, 2.05) is 29.8 Å². The SMILES string of the molecule is COc1ccc(OC)c2c1cc(C(=O)N1CCCN(S(=O)(=O)N3CCCC3)CC1)n2C. The van der Waals surface area contributed by atoms with Crippen LogP contribution in [0, 0.1) is 0 Å². The number of benzene rings is 1. The van der Waals surface area contributed by atoms with Gasteiger partial charge in [0.1, 0.15) is 17.2 Å². The first kappa shape index (κ1) is 21.9. The minimum absolute atomic E-state index is 0.122. The molecule has 2 aromatic rings. The molecular weight excluding hydrogens is 420 g/mol. The van der Waals surface area contributed by atoms with Crippen molar-refractivity contribution >= 4 is 27.0 Å². The third-order valence-electron chi connectivity index (χ3n) is 6.24. The maximum Gasteiger partial charge on any atom is 0.282 e. The summed E-state index contributed by atoms with van der Waals surface area (Å²) in [7, 11) is 1.57. The number of aromatic nitrogens is 1. The molecule has 1 amide bonds. The normalized spacial score (nSPS) is 19.0. The third-order valence-corrected chi connectivity index (χ3v) is 8.27. The number of ether oxygens (including phenoxy) is 2. The Balaban J connectivity index is 1.58. The molecule has 0 spiro atoms. The lowest BCUT2D eigenvalue weighted by molar-refractivity contribution is 0.0755. The van der Waals surface area contributed by atoms with E-state index in [-0.39, 0.29) is 5.91 Å². The van der Waals surface area contributed by atoms with Crippen LogP contribution in [-0.4, -0.2) is 85.9 Å². The molecule has 31 heavy (non-hydrogen) atoms. The van der Waals surface area contributed by atoms with Gasteiger partial charge in [0.05, 0.1) is 19.7 Å². The minimum Gasteiger partial charge on any atom is -0.496 e. The molecule has 2 aliphatic heterocycles. The van der Waals surface area contributed by atoms with Gasteiger partial charge in [0, 0.05) is 51.7 Å². The van der Waals surface area contributed by atoms with Gasteiger partial charge in [-0.05, 0) is 37.5 Å². The van der Waals surface area contributed by atoms with Crippen molar-refractivity contribution in [3.05, 3.63) is 23.9 Å². The molecular formula is C21H30N4O5S. The van der Waals surface area contributed by atoms with Crippen LogP contribution in [0.2, 0.25) is 0 Å². The Hall–Kier alpha value is -2.30. The number of carbonyl (C=O) groups is 1. The predicted molar refractivity (Wildman–Crippen MR) is 118 cm³/mol. The topological polar surface area (TPSA) is 84.3 Å². The number of methoxy groups -OCH3 is 2. The van der Waals surface area contributed by atoms with Crippen molar-refractivity contribution in [1.29, 1.82) is 0 Å². The summed E-state index contributed by atoms with van der Waals surface area (Å²) < 4.78 is 41.7. The largest absolute Gasteiger partial charge is 0.496 e. The van der Waals surface area contributed by atoms with Gasteiger partial charge >= 0.3 is 0 Å². The first-order chi connectivity index (χ1) is 14.9. The summed E-state index contributed by atoms with van der Waals surface area (Å²) in [6.07, 6.45) is 2.42. The van der Waals surface area contributed by atoms with Crippen molar-refractivity contribution in [2.24, 2.45) is 7.05 Å². The second kappa shape index (κ2) is 8.68. The molecule has 1 aromatic heterocycles. The molecule has 2 saturated heterocycles. The molecule has 2 fully saturated rings. The van der Waals surface area contributed by atoms with Gasteiger partial charge in [-0.15, -0.1) is 0 Å². The fourth-order valence-electron chi connectivity index (χ4n) is 4.53. The third kappa shape index (κ3) is 3.88. The first-order valence-electron chi connectivity index (χ1n) is 10.6. The van der Waals surface area contributed by atoms with E-state index in [0.29, 0.717) is 62.9 Å². The van der Waals surface area contributed by atoms with Crippen molar-refractivity contribution in [1.82, 2.24) is 18.1 Å². The van der Waals surface area contributed by atoms with E-state index < -0.39 is 10.2 Å². The van der Waals surface area contributed by atoms with Crippen molar-refractivity contribution < 1.29 is 22.7 Å². The molecule has 0 saturated carbocycles. The number of rotatable bonds is 5. The lowest BCUT2D eigenvalue weighted by atomic mass is 10.2. The fourth-order valence-corrected chi connectivity index (χ4v) is 6.25. The number of carbonyl (C=O) groups excluding carboxylic acids is 1. The van der Waals surface area contributed by atoms with Gasteiger partial charge < -0.3 is 18.9 Å².